The zero-order valence-electron chi connectivity index (χ0n) is 17.0. The molecular formula is C21H42O4S. The number of hydrogen-bond acceptors (Lipinski definition) is 3. The Balaban J connectivity index is 3.08. The topological polar surface area (TPSA) is 63.6 Å². The fourth-order valence-corrected chi connectivity index (χ4v) is 3.37. The first-order valence-electron chi connectivity index (χ1n) is 10.8. The van der Waals surface area contributed by atoms with Crippen LogP contribution in [0.5, 0.6) is 0 Å². The Morgan fingerprint density at radius 2 is 1.12 bits per heavy atom. The van der Waals surface area contributed by atoms with Gasteiger partial charge in [-0.25, -0.2) is 0 Å². The van der Waals surface area contributed by atoms with Gasteiger partial charge in [0.25, 0.3) is 10.1 Å². The van der Waals surface area contributed by atoms with Crippen molar-refractivity contribution in [1.82, 2.24) is 0 Å². The quantitative estimate of drug-likeness (QED) is 0.186. The van der Waals surface area contributed by atoms with Crippen molar-refractivity contribution >= 4 is 10.1 Å². The number of ether oxygens (including phenoxy) is 1. The normalized spacial score (nSPS) is 12.2. The van der Waals surface area contributed by atoms with Crippen molar-refractivity contribution in [2.45, 2.75) is 110 Å². The second kappa shape index (κ2) is 19.4. The molecule has 0 aromatic carbocycles. The van der Waals surface area contributed by atoms with E-state index in [9.17, 15) is 8.42 Å². The van der Waals surface area contributed by atoms with Crippen LogP contribution in [0, 0.1) is 0 Å². The van der Waals surface area contributed by atoms with E-state index in [0.29, 0.717) is 13.0 Å². The third-order valence-corrected chi connectivity index (χ3v) is 5.11. The highest BCUT2D eigenvalue weighted by molar-refractivity contribution is 7.88. The Kier molecular flexibility index (Phi) is 19.1. The SMILES string of the molecule is CCCCCCCCCCCCCCCCOCCCC=CS(=O)(=O)O. The van der Waals surface area contributed by atoms with Gasteiger partial charge in [-0.05, 0) is 19.3 Å². The highest BCUT2D eigenvalue weighted by Crippen LogP contribution is 2.12. The summed E-state index contributed by atoms with van der Waals surface area (Å²) < 4.78 is 35.0. The lowest BCUT2D eigenvalue weighted by Crippen LogP contribution is -1.97. The summed E-state index contributed by atoms with van der Waals surface area (Å²) in [5.41, 5.74) is 0. The first kappa shape index (κ1) is 25.6. The maximum atomic E-state index is 10.5. The summed E-state index contributed by atoms with van der Waals surface area (Å²) in [4.78, 5) is 0. The van der Waals surface area contributed by atoms with Crippen molar-refractivity contribution in [3.8, 4) is 0 Å². The molecule has 0 rings (SSSR count). The van der Waals surface area contributed by atoms with Crippen molar-refractivity contribution < 1.29 is 17.7 Å². The molecule has 0 bridgehead atoms. The van der Waals surface area contributed by atoms with Gasteiger partial charge in [-0.2, -0.15) is 8.42 Å². The Hall–Kier alpha value is -0.390. The second-order valence-electron chi connectivity index (χ2n) is 7.24. The minimum absolute atomic E-state index is 0.610. The highest BCUT2D eigenvalue weighted by atomic mass is 32.2. The van der Waals surface area contributed by atoms with Crippen LogP contribution in [0.4, 0.5) is 0 Å². The van der Waals surface area contributed by atoms with Crippen molar-refractivity contribution in [2.24, 2.45) is 0 Å². The van der Waals surface area contributed by atoms with E-state index in [0.717, 1.165) is 24.9 Å². The van der Waals surface area contributed by atoms with Gasteiger partial charge in [-0.15, -0.1) is 0 Å². The molecule has 0 aliphatic carbocycles. The Morgan fingerprint density at radius 1 is 0.692 bits per heavy atom. The van der Waals surface area contributed by atoms with E-state index in [2.05, 4.69) is 6.92 Å². The molecular weight excluding hydrogens is 348 g/mol. The molecule has 0 aromatic rings. The van der Waals surface area contributed by atoms with Crippen LogP contribution in [0.3, 0.4) is 0 Å². The molecule has 1 N–H and O–H groups in total. The molecule has 156 valence electrons. The lowest BCUT2D eigenvalue weighted by molar-refractivity contribution is 0.128. The Labute approximate surface area is 162 Å². The summed E-state index contributed by atoms with van der Waals surface area (Å²) in [6.45, 7) is 3.71. The molecule has 0 aliphatic heterocycles. The van der Waals surface area contributed by atoms with E-state index >= 15 is 0 Å². The van der Waals surface area contributed by atoms with Crippen LogP contribution in [0.15, 0.2) is 11.5 Å². The van der Waals surface area contributed by atoms with Crippen molar-refractivity contribution in [3.63, 3.8) is 0 Å². The number of unbranched alkanes of at least 4 members (excludes halogenated alkanes) is 14. The second-order valence-corrected chi connectivity index (χ2v) is 8.54. The maximum Gasteiger partial charge on any atom is 0.287 e. The zero-order valence-corrected chi connectivity index (χ0v) is 17.8. The van der Waals surface area contributed by atoms with E-state index < -0.39 is 10.1 Å². The van der Waals surface area contributed by atoms with Gasteiger partial charge >= 0.3 is 0 Å². The molecule has 0 saturated heterocycles. The lowest BCUT2D eigenvalue weighted by atomic mass is 10.0. The zero-order chi connectivity index (χ0) is 19.3. The molecule has 0 spiro atoms. The summed E-state index contributed by atoms with van der Waals surface area (Å²) >= 11 is 0. The van der Waals surface area contributed by atoms with Crippen LogP contribution in [0.1, 0.15) is 110 Å². The third kappa shape index (κ3) is 23.6. The summed E-state index contributed by atoms with van der Waals surface area (Å²) in [6.07, 6.45) is 21.9. The van der Waals surface area contributed by atoms with E-state index in [4.69, 9.17) is 9.29 Å². The van der Waals surface area contributed by atoms with Crippen LogP contribution in [-0.2, 0) is 14.9 Å². The molecule has 5 heteroatoms. The molecule has 0 amide bonds. The van der Waals surface area contributed by atoms with Crippen LogP contribution < -0.4 is 0 Å². The van der Waals surface area contributed by atoms with Crippen LogP contribution in [0.25, 0.3) is 0 Å². The summed E-state index contributed by atoms with van der Waals surface area (Å²) in [7, 11) is -3.97. The monoisotopic (exact) mass is 390 g/mol. The first-order valence-corrected chi connectivity index (χ1v) is 12.3. The molecule has 26 heavy (non-hydrogen) atoms. The number of rotatable bonds is 20. The minimum Gasteiger partial charge on any atom is -0.381 e. The Bertz CT molecular complexity index is 404. The molecule has 0 unspecified atom stereocenters. The third-order valence-electron chi connectivity index (χ3n) is 4.57. The van der Waals surface area contributed by atoms with Gasteiger partial charge in [0, 0.05) is 13.2 Å². The van der Waals surface area contributed by atoms with Crippen LogP contribution >= 0.6 is 0 Å². The standard InChI is InChI=1S/C21H42O4S/c1-2-3-4-5-6-7-8-9-10-11-12-13-14-16-19-25-20-17-15-18-21-26(22,23)24/h18,21H,2-17,19-20H2,1H3,(H,22,23,24). The van der Waals surface area contributed by atoms with E-state index in [1.54, 1.807) is 0 Å². The van der Waals surface area contributed by atoms with Crippen LogP contribution in [-0.4, -0.2) is 26.2 Å². The predicted molar refractivity (Wildman–Crippen MR) is 111 cm³/mol. The number of allylic oxidation sites excluding steroid dienone is 1. The van der Waals surface area contributed by atoms with Crippen molar-refractivity contribution in [2.75, 3.05) is 13.2 Å². The average molecular weight is 391 g/mol. The highest BCUT2D eigenvalue weighted by Gasteiger charge is 1.96. The minimum atomic E-state index is -3.97. The summed E-state index contributed by atoms with van der Waals surface area (Å²) in [6, 6.07) is 0. The molecule has 0 atom stereocenters. The lowest BCUT2D eigenvalue weighted by Gasteiger charge is -2.04. The molecule has 0 fully saturated rings. The van der Waals surface area contributed by atoms with E-state index in [1.165, 1.54) is 89.5 Å². The molecule has 0 aromatic heterocycles. The maximum absolute atomic E-state index is 10.5. The Morgan fingerprint density at radius 3 is 1.58 bits per heavy atom. The van der Waals surface area contributed by atoms with Gasteiger partial charge in [0.15, 0.2) is 0 Å². The van der Waals surface area contributed by atoms with Gasteiger partial charge < -0.3 is 4.74 Å². The van der Waals surface area contributed by atoms with Gasteiger partial charge in [-0.1, -0.05) is 96.5 Å². The fraction of sp³-hybridized carbons (Fsp3) is 0.905. The molecule has 4 nitrogen and oxygen atoms in total. The molecule has 0 aliphatic rings. The van der Waals surface area contributed by atoms with Gasteiger partial charge in [-0.3, -0.25) is 4.55 Å². The summed E-state index contributed by atoms with van der Waals surface area (Å²) in [5.74, 6) is 0. The van der Waals surface area contributed by atoms with Crippen LogP contribution in [0.2, 0.25) is 0 Å². The van der Waals surface area contributed by atoms with Crippen molar-refractivity contribution in [3.05, 3.63) is 11.5 Å². The largest absolute Gasteiger partial charge is 0.381 e. The predicted octanol–water partition coefficient (Wildman–Crippen LogP) is 6.67. The molecule has 0 heterocycles. The molecule has 0 saturated carbocycles. The number of hydrogen-bond donors (Lipinski definition) is 1. The molecule has 0 radical (unpaired) electrons. The first-order chi connectivity index (χ1) is 12.6. The van der Waals surface area contributed by atoms with E-state index in [1.807, 2.05) is 0 Å². The van der Waals surface area contributed by atoms with Gasteiger partial charge in [0.1, 0.15) is 0 Å². The van der Waals surface area contributed by atoms with Gasteiger partial charge in [0.2, 0.25) is 0 Å². The van der Waals surface area contributed by atoms with E-state index in [-0.39, 0.29) is 0 Å². The smallest absolute Gasteiger partial charge is 0.287 e. The van der Waals surface area contributed by atoms with Crippen molar-refractivity contribution in [1.29, 1.82) is 0 Å². The average Bonchev–Trinajstić information content (AvgIpc) is 2.59. The summed E-state index contributed by atoms with van der Waals surface area (Å²) in [5, 5.41) is 0.834. The fourth-order valence-electron chi connectivity index (χ4n) is 2.99. The van der Waals surface area contributed by atoms with Gasteiger partial charge in [0.05, 0.1) is 5.41 Å².